The molecule has 108 valence electrons. The van der Waals surface area contributed by atoms with Gasteiger partial charge in [0.1, 0.15) is 5.78 Å². The van der Waals surface area contributed by atoms with Crippen molar-refractivity contribution in [2.75, 3.05) is 37.6 Å². The van der Waals surface area contributed by atoms with Gasteiger partial charge in [0.2, 0.25) is 0 Å². The monoisotopic (exact) mass is 292 g/mol. The van der Waals surface area contributed by atoms with Gasteiger partial charge in [0.15, 0.2) is 0 Å². The Hall–Kier alpha value is -1.06. The third-order valence-corrected chi connectivity index (χ3v) is 4.79. The Labute approximate surface area is 125 Å². The number of hydrogen-bond donors (Lipinski definition) is 0. The number of carbonyl (C=O) groups excluding carboxylic acids is 1. The molecule has 1 unspecified atom stereocenters. The lowest BCUT2D eigenvalue weighted by Crippen LogP contribution is -2.48. The lowest BCUT2D eigenvalue weighted by molar-refractivity contribution is -0.121. The summed E-state index contributed by atoms with van der Waals surface area (Å²) < 4.78 is 0. The van der Waals surface area contributed by atoms with Crippen LogP contribution in [0.4, 0.5) is 5.69 Å². The van der Waals surface area contributed by atoms with Crippen molar-refractivity contribution in [1.82, 2.24) is 4.90 Å². The standard InChI is InChI=1S/C16H21ClN2O/c17-14-5-1-2-6-15(14)19-10-8-18(9-11-19)12-13-4-3-7-16(13)20/h1-2,5-6,13H,3-4,7-12H2. The average Bonchev–Trinajstić information content (AvgIpc) is 2.86. The molecule has 0 amide bonds. The van der Waals surface area contributed by atoms with E-state index in [9.17, 15) is 4.79 Å². The summed E-state index contributed by atoms with van der Waals surface area (Å²) in [4.78, 5) is 16.5. The molecular formula is C16H21ClN2O. The van der Waals surface area contributed by atoms with E-state index in [1.165, 1.54) is 0 Å². The first-order valence-electron chi connectivity index (χ1n) is 7.48. The molecule has 4 heteroatoms. The second-order valence-electron chi connectivity index (χ2n) is 5.79. The number of ketones is 1. The van der Waals surface area contributed by atoms with Crippen molar-refractivity contribution in [3.63, 3.8) is 0 Å². The number of piperazine rings is 1. The number of anilines is 1. The van der Waals surface area contributed by atoms with Crippen LogP contribution < -0.4 is 4.90 Å². The fourth-order valence-corrected chi connectivity index (χ4v) is 3.53. The summed E-state index contributed by atoms with van der Waals surface area (Å²) in [6.07, 6.45) is 2.97. The van der Waals surface area contributed by atoms with Crippen molar-refractivity contribution in [3.8, 4) is 0 Å². The molecule has 1 aliphatic heterocycles. The van der Waals surface area contributed by atoms with Crippen molar-refractivity contribution < 1.29 is 4.79 Å². The normalized spacial score (nSPS) is 24.4. The van der Waals surface area contributed by atoms with Crippen LogP contribution in [0.15, 0.2) is 24.3 Å². The highest BCUT2D eigenvalue weighted by Gasteiger charge is 2.28. The smallest absolute Gasteiger partial charge is 0.137 e. The average molecular weight is 293 g/mol. The van der Waals surface area contributed by atoms with E-state index >= 15 is 0 Å². The first-order valence-corrected chi connectivity index (χ1v) is 7.86. The molecular weight excluding hydrogens is 272 g/mol. The summed E-state index contributed by atoms with van der Waals surface area (Å²) in [5, 5.41) is 0.826. The van der Waals surface area contributed by atoms with Crippen molar-refractivity contribution in [2.45, 2.75) is 19.3 Å². The fraction of sp³-hybridized carbons (Fsp3) is 0.562. The summed E-state index contributed by atoms with van der Waals surface area (Å²) in [7, 11) is 0. The van der Waals surface area contributed by atoms with Gasteiger partial charge in [0, 0.05) is 45.1 Å². The zero-order valence-electron chi connectivity index (χ0n) is 11.7. The van der Waals surface area contributed by atoms with E-state index in [2.05, 4.69) is 15.9 Å². The van der Waals surface area contributed by atoms with E-state index in [4.69, 9.17) is 11.6 Å². The highest BCUT2D eigenvalue weighted by molar-refractivity contribution is 6.33. The molecule has 1 heterocycles. The number of nitrogens with zero attached hydrogens (tertiary/aromatic N) is 2. The quantitative estimate of drug-likeness (QED) is 0.856. The van der Waals surface area contributed by atoms with Crippen LogP contribution in [0.5, 0.6) is 0 Å². The summed E-state index contributed by atoms with van der Waals surface area (Å²) in [6.45, 7) is 4.98. The van der Waals surface area contributed by atoms with Crippen molar-refractivity contribution in [1.29, 1.82) is 0 Å². The zero-order valence-corrected chi connectivity index (χ0v) is 12.5. The number of carbonyl (C=O) groups is 1. The maximum atomic E-state index is 11.7. The first-order chi connectivity index (χ1) is 9.74. The Kier molecular flexibility index (Phi) is 4.27. The van der Waals surface area contributed by atoms with E-state index in [1.54, 1.807) is 0 Å². The van der Waals surface area contributed by atoms with Crippen LogP contribution in [-0.2, 0) is 4.79 Å². The number of Topliss-reactive ketones (excluding diaryl/α,β-unsaturated/α-hetero) is 1. The molecule has 0 aromatic heterocycles. The predicted octanol–water partition coefficient (Wildman–Crippen LogP) is 2.83. The molecule has 0 radical (unpaired) electrons. The molecule has 1 aromatic rings. The lowest BCUT2D eigenvalue weighted by Gasteiger charge is -2.37. The van der Waals surface area contributed by atoms with Gasteiger partial charge in [-0.05, 0) is 25.0 Å². The molecule has 3 rings (SSSR count). The van der Waals surface area contributed by atoms with Crippen LogP contribution in [0.25, 0.3) is 0 Å². The molecule has 1 aromatic carbocycles. The Morgan fingerprint density at radius 2 is 1.90 bits per heavy atom. The van der Waals surface area contributed by atoms with Crippen molar-refractivity contribution >= 4 is 23.1 Å². The molecule has 1 saturated heterocycles. The summed E-state index contributed by atoms with van der Waals surface area (Å²) in [5.41, 5.74) is 1.13. The van der Waals surface area contributed by atoms with Gasteiger partial charge < -0.3 is 4.90 Å². The number of para-hydroxylation sites is 1. The molecule has 2 aliphatic rings. The van der Waals surface area contributed by atoms with E-state index in [1.807, 2.05) is 18.2 Å². The zero-order chi connectivity index (χ0) is 13.9. The maximum Gasteiger partial charge on any atom is 0.137 e. The van der Waals surface area contributed by atoms with Crippen LogP contribution in [-0.4, -0.2) is 43.4 Å². The van der Waals surface area contributed by atoms with Crippen LogP contribution in [0, 0.1) is 5.92 Å². The predicted molar refractivity (Wildman–Crippen MR) is 82.5 cm³/mol. The van der Waals surface area contributed by atoms with E-state index in [0.717, 1.165) is 62.7 Å². The van der Waals surface area contributed by atoms with Gasteiger partial charge in [0.05, 0.1) is 10.7 Å². The third kappa shape index (κ3) is 2.99. The van der Waals surface area contributed by atoms with Crippen LogP contribution in [0.1, 0.15) is 19.3 Å². The molecule has 20 heavy (non-hydrogen) atoms. The third-order valence-electron chi connectivity index (χ3n) is 4.48. The lowest BCUT2D eigenvalue weighted by atomic mass is 10.1. The van der Waals surface area contributed by atoms with E-state index < -0.39 is 0 Å². The Balaban J connectivity index is 1.54. The second kappa shape index (κ2) is 6.15. The first kappa shape index (κ1) is 13.9. The topological polar surface area (TPSA) is 23.6 Å². The van der Waals surface area contributed by atoms with Gasteiger partial charge in [-0.2, -0.15) is 0 Å². The number of halogens is 1. The Morgan fingerprint density at radius 1 is 1.15 bits per heavy atom. The minimum atomic E-state index is 0.293. The molecule has 0 spiro atoms. The minimum absolute atomic E-state index is 0.293. The largest absolute Gasteiger partial charge is 0.368 e. The molecule has 1 saturated carbocycles. The molecule has 3 nitrogen and oxygen atoms in total. The number of hydrogen-bond acceptors (Lipinski definition) is 3. The van der Waals surface area contributed by atoms with Gasteiger partial charge >= 0.3 is 0 Å². The van der Waals surface area contributed by atoms with Crippen molar-refractivity contribution in [2.24, 2.45) is 5.92 Å². The highest BCUT2D eigenvalue weighted by atomic mass is 35.5. The van der Waals surface area contributed by atoms with Crippen molar-refractivity contribution in [3.05, 3.63) is 29.3 Å². The summed E-state index contributed by atoms with van der Waals surface area (Å²) >= 11 is 6.25. The van der Waals surface area contributed by atoms with Crippen LogP contribution >= 0.6 is 11.6 Å². The van der Waals surface area contributed by atoms with Gasteiger partial charge in [-0.3, -0.25) is 9.69 Å². The second-order valence-corrected chi connectivity index (χ2v) is 6.20. The minimum Gasteiger partial charge on any atom is -0.368 e. The highest BCUT2D eigenvalue weighted by Crippen LogP contribution is 2.27. The SMILES string of the molecule is O=C1CCCC1CN1CCN(c2ccccc2Cl)CC1. The number of benzene rings is 1. The molecule has 2 fully saturated rings. The van der Waals surface area contributed by atoms with Gasteiger partial charge in [-0.25, -0.2) is 0 Å². The molecule has 0 bridgehead atoms. The summed E-state index contributed by atoms with van der Waals surface area (Å²) in [6, 6.07) is 8.03. The number of rotatable bonds is 3. The molecule has 1 atom stereocenters. The van der Waals surface area contributed by atoms with Crippen LogP contribution in [0.2, 0.25) is 5.02 Å². The molecule has 0 N–H and O–H groups in total. The van der Waals surface area contributed by atoms with Crippen LogP contribution in [0.3, 0.4) is 0 Å². The summed E-state index contributed by atoms with van der Waals surface area (Å²) in [5.74, 6) is 0.764. The van der Waals surface area contributed by atoms with E-state index in [-0.39, 0.29) is 0 Å². The van der Waals surface area contributed by atoms with Gasteiger partial charge in [0.25, 0.3) is 0 Å². The van der Waals surface area contributed by atoms with E-state index in [0.29, 0.717) is 11.7 Å². The Bertz CT molecular complexity index is 483. The Morgan fingerprint density at radius 3 is 2.55 bits per heavy atom. The van der Waals surface area contributed by atoms with Gasteiger partial charge in [-0.15, -0.1) is 0 Å². The fourth-order valence-electron chi connectivity index (χ4n) is 3.27. The van der Waals surface area contributed by atoms with Gasteiger partial charge in [-0.1, -0.05) is 23.7 Å². The maximum absolute atomic E-state index is 11.7. The molecule has 1 aliphatic carbocycles.